The highest BCUT2D eigenvalue weighted by Crippen LogP contribution is 2.38. The molecule has 0 N–H and O–H groups in total. The Morgan fingerprint density at radius 1 is 1.00 bits per heavy atom. The lowest BCUT2D eigenvalue weighted by atomic mass is 9.73. The van der Waals surface area contributed by atoms with Gasteiger partial charge in [0.25, 0.3) is 0 Å². The van der Waals surface area contributed by atoms with Crippen molar-refractivity contribution in [3.63, 3.8) is 0 Å². The van der Waals surface area contributed by atoms with Crippen LogP contribution in [0.3, 0.4) is 0 Å². The van der Waals surface area contributed by atoms with Crippen molar-refractivity contribution in [1.82, 2.24) is 0 Å². The van der Waals surface area contributed by atoms with Crippen LogP contribution in [0.5, 0.6) is 0 Å². The van der Waals surface area contributed by atoms with E-state index in [2.05, 4.69) is 32.9 Å². The molecule has 0 aromatic rings. The van der Waals surface area contributed by atoms with Gasteiger partial charge in [-0.2, -0.15) is 0 Å². The number of hydrogen-bond donors (Lipinski definition) is 0. The molecule has 90 valence electrons. The van der Waals surface area contributed by atoms with Crippen LogP contribution in [0.25, 0.3) is 0 Å². The molecule has 0 aromatic heterocycles. The van der Waals surface area contributed by atoms with Gasteiger partial charge in [0, 0.05) is 0 Å². The zero-order valence-corrected chi connectivity index (χ0v) is 11.1. The molecule has 0 aliphatic heterocycles. The highest BCUT2D eigenvalue weighted by atomic mass is 14.3. The molecule has 0 aromatic carbocycles. The molecule has 0 nitrogen and oxygen atoms in total. The standard InChI is InChI=1S/C16H26/c1-12(2)14-8-10-16(11-9-14)15-6-4-13(3)5-7-15/h4,8,12,15-16H,5-7,9-11H2,1-3H3. The Morgan fingerprint density at radius 2 is 1.62 bits per heavy atom. The Labute approximate surface area is 101 Å². The lowest BCUT2D eigenvalue weighted by molar-refractivity contribution is 0.278. The summed E-state index contributed by atoms with van der Waals surface area (Å²) in [5.74, 6) is 2.73. The molecule has 0 amide bonds. The van der Waals surface area contributed by atoms with Crippen LogP contribution in [-0.4, -0.2) is 0 Å². The molecule has 2 unspecified atom stereocenters. The van der Waals surface area contributed by atoms with Gasteiger partial charge in [0.1, 0.15) is 0 Å². The van der Waals surface area contributed by atoms with Gasteiger partial charge in [-0.1, -0.05) is 37.1 Å². The summed E-state index contributed by atoms with van der Waals surface area (Å²) in [6, 6.07) is 0. The third kappa shape index (κ3) is 2.78. The number of allylic oxidation sites excluding steroid dienone is 4. The largest absolute Gasteiger partial charge is 0.0853 e. The SMILES string of the molecule is CC1=CCC(C2CC=C(C(C)C)CC2)CC1. The van der Waals surface area contributed by atoms with E-state index in [1.807, 2.05) is 0 Å². The van der Waals surface area contributed by atoms with Gasteiger partial charge in [-0.25, -0.2) is 0 Å². The second kappa shape index (κ2) is 5.21. The molecule has 0 fully saturated rings. The molecule has 2 aliphatic rings. The molecule has 0 saturated carbocycles. The fraction of sp³-hybridized carbons (Fsp3) is 0.750. The first-order valence-electron chi connectivity index (χ1n) is 7.01. The minimum absolute atomic E-state index is 0.773. The lowest BCUT2D eigenvalue weighted by Crippen LogP contribution is -2.20. The Hall–Kier alpha value is -0.520. The van der Waals surface area contributed by atoms with E-state index in [0.29, 0.717) is 0 Å². The van der Waals surface area contributed by atoms with Crippen molar-refractivity contribution >= 4 is 0 Å². The van der Waals surface area contributed by atoms with Crippen LogP contribution in [-0.2, 0) is 0 Å². The van der Waals surface area contributed by atoms with Crippen LogP contribution in [0.2, 0.25) is 0 Å². The summed E-state index contributed by atoms with van der Waals surface area (Å²) in [5, 5.41) is 0. The first-order valence-corrected chi connectivity index (χ1v) is 7.01. The van der Waals surface area contributed by atoms with E-state index >= 15 is 0 Å². The summed E-state index contributed by atoms with van der Waals surface area (Å²) in [4.78, 5) is 0. The number of hydrogen-bond acceptors (Lipinski definition) is 0. The predicted molar refractivity (Wildman–Crippen MR) is 71.4 cm³/mol. The molecular formula is C16H26. The third-order valence-corrected chi connectivity index (χ3v) is 4.57. The van der Waals surface area contributed by atoms with Crippen molar-refractivity contribution in [3.8, 4) is 0 Å². The van der Waals surface area contributed by atoms with Gasteiger partial charge < -0.3 is 0 Å². The van der Waals surface area contributed by atoms with Gasteiger partial charge in [0.15, 0.2) is 0 Å². The molecular weight excluding hydrogens is 192 g/mol. The monoisotopic (exact) mass is 218 g/mol. The zero-order chi connectivity index (χ0) is 11.5. The third-order valence-electron chi connectivity index (χ3n) is 4.57. The molecule has 0 bridgehead atoms. The average molecular weight is 218 g/mol. The summed E-state index contributed by atoms with van der Waals surface area (Å²) in [6.45, 7) is 6.95. The van der Waals surface area contributed by atoms with Crippen LogP contribution in [0.1, 0.15) is 59.3 Å². The topological polar surface area (TPSA) is 0 Å². The Morgan fingerprint density at radius 3 is 2.06 bits per heavy atom. The molecule has 0 saturated heterocycles. The van der Waals surface area contributed by atoms with Crippen molar-refractivity contribution in [3.05, 3.63) is 23.3 Å². The summed E-state index contributed by atoms with van der Waals surface area (Å²) >= 11 is 0. The molecule has 0 heterocycles. The van der Waals surface area contributed by atoms with Crippen LogP contribution in [0, 0.1) is 17.8 Å². The van der Waals surface area contributed by atoms with E-state index in [-0.39, 0.29) is 0 Å². The normalized spacial score (nSPS) is 31.2. The van der Waals surface area contributed by atoms with Gasteiger partial charge >= 0.3 is 0 Å². The Kier molecular flexibility index (Phi) is 3.89. The van der Waals surface area contributed by atoms with Crippen molar-refractivity contribution in [2.75, 3.05) is 0 Å². The van der Waals surface area contributed by atoms with E-state index in [4.69, 9.17) is 0 Å². The molecule has 0 spiro atoms. The van der Waals surface area contributed by atoms with E-state index in [9.17, 15) is 0 Å². The van der Waals surface area contributed by atoms with E-state index in [0.717, 1.165) is 17.8 Å². The average Bonchev–Trinajstić information content (AvgIpc) is 2.30. The van der Waals surface area contributed by atoms with Crippen LogP contribution >= 0.6 is 0 Å². The summed E-state index contributed by atoms with van der Waals surface area (Å²) in [5.41, 5.74) is 3.32. The van der Waals surface area contributed by atoms with E-state index in [1.54, 1.807) is 11.1 Å². The zero-order valence-electron chi connectivity index (χ0n) is 11.1. The van der Waals surface area contributed by atoms with E-state index < -0.39 is 0 Å². The quantitative estimate of drug-likeness (QED) is 0.565. The van der Waals surface area contributed by atoms with Crippen LogP contribution in [0.4, 0.5) is 0 Å². The second-order valence-corrected chi connectivity index (χ2v) is 6.05. The van der Waals surface area contributed by atoms with Gasteiger partial charge in [-0.05, 0) is 63.2 Å². The maximum Gasteiger partial charge on any atom is -0.0260 e. The summed E-state index contributed by atoms with van der Waals surface area (Å²) in [7, 11) is 0. The molecule has 2 atom stereocenters. The van der Waals surface area contributed by atoms with Crippen molar-refractivity contribution < 1.29 is 0 Å². The van der Waals surface area contributed by atoms with Gasteiger partial charge in [0.05, 0.1) is 0 Å². The maximum absolute atomic E-state index is 2.55. The van der Waals surface area contributed by atoms with E-state index in [1.165, 1.54) is 38.5 Å². The van der Waals surface area contributed by atoms with Crippen molar-refractivity contribution in [2.45, 2.75) is 59.3 Å². The molecule has 16 heavy (non-hydrogen) atoms. The van der Waals surface area contributed by atoms with Gasteiger partial charge in [-0.3, -0.25) is 0 Å². The Balaban J connectivity index is 1.90. The smallest absolute Gasteiger partial charge is 0.0260 e. The predicted octanol–water partition coefficient (Wildman–Crippen LogP) is 5.12. The second-order valence-electron chi connectivity index (χ2n) is 6.05. The first kappa shape index (κ1) is 12.0. The summed E-state index contributed by atoms with van der Waals surface area (Å²) in [6.07, 6.45) is 13.3. The maximum atomic E-state index is 2.55. The van der Waals surface area contributed by atoms with Crippen LogP contribution in [0.15, 0.2) is 23.3 Å². The molecule has 2 aliphatic carbocycles. The first-order chi connectivity index (χ1) is 7.66. The summed E-state index contributed by atoms with van der Waals surface area (Å²) < 4.78 is 0. The highest BCUT2D eigenvalue weighted by Gasteiger charge is 2.25. The van der Waals surface area contributed by atoms with Crippen molar-refractivity contribution in [2.24, 2.45) is 17.8 Å². The minimum atomic E-state index is 0.773. The molecule has 0 radical (unpaired) electrons. The number of rotatable bonds is 2. The van der Waals surface area contributed by atoms with Gasteiger partial charge in [0.2, 0.25) is 0 Å². The molecule has 0 heteroatoms. The van der Waals surface area contributed by atoms with Gasteiger partial charge in [-0.15, -0.1) is 0 Å². The minimum Gasteiger partial charge on any atom is -0.0853 e. The van der Waals surface area contributed by atoms with Crippen molar-refractivity contribution in [1.29, 1.82) is 0 Å². The molecule has 2 rings (SSSR count). The highest BCUT2D eigenvalue weighted by molar-refractivity contribution is 5.11. The lowest BCUT2D eigenvalue weighted by Gasteiger charge is -2.32. The fourth-order valence-corrected chi connectivity index (χ4v) is 3.24. The fourth-order valence-electron chi connectivity index (χ4n) is 3.24. The Bertz CT molecular complexity index is 293. The van der Waals surface area contributed by atoms with Crippen LogP contribution < -0.4 is 0 Å².